The highest BCUT2D eigenvalue weighted by Crippen LogP contribution is 2.30. The quantitative estimate of drug-likeness (QED) is 0.523. The average Bonchev–Trinajstić information content (AvgIpc) is 3.38. The van der Waals surface area contributed by atoms with E-state index in [4.69, 9.17) is 0 Å². The van der Waals surface area contributed by atoms with Crippen LogP contribution >= 0.6 is 11.3 Å². The van der Waals surface area contributed by atoms with Crippen molar-refractivity contribution in [1.82, 2.24) is 15.5 Å². The van der Waals surface area contributed by atoms with Crippen molar-refractivity contribution in [3.05, 3.63) is 87.1 Å². The van der Waals surface area contributed by atoms with Crippen LogP contribution in [-0.4, -0.2) is 35.8 Å². The molecule has 162 valence electrons. The summed E-state index contributed by atoms with van der Waals surface area (Å²) in [5.41, 5.74) is 3.57. The summed E-state index contributed by atoms with van der Waals surface area (Å²) >= 11 is 1.81. The molecule has 0 spiro atoms. The van der Waals surface area contributed by atoms with E-state index in [0.717, 1.165) is 25.1 Å². The SMILES string of the molecule is O=C(NCC(c1ccccc1)N1CCc2sccc2C1)Nc1ccc2c(c1)C(=O)NC2=O. The van der Waals surface area contributed by atoms with Crippen LogP contribution in [0, 0.1) is 0 Å². The van der Waals surface area contributed by atoms with Crippen LogP contribution in [0.1, 0.15) is 42.8 Å². The number of nitrogens with zero attached hydrogens (tertiary/aromatic N) is 1. The molecule has 3 heterocycles. The molecule has 0 aliphatic carbocycles. The first-order valence-electron chi connectivity index (χ1n) is 10.5. The van der Waals surface area contributed by atoms with Crippen molar-refractivity contribution in [2.45, 2.75) is 19.0 Å². The third-order valence-corrected chi connectivity index (χ3v) is 6.94. The van der Waals surface area contributed by atoms with Gasteiger partial charge >= 0.3 is 6.03 Å². The van der Waals surface area contributed by atoms with Crippen molar-refractivity contribution in [2.75, 3.05) is 18.4 Å². The van der Waals surface area contributed by atoms with Crippen LogP contribution in [0.25, 0.3) is 0 Å². The summed E-state index contributed by atoms with van der Waals surface area (Å²) in [7, 11) is 0. The first-order chi connectivity index (χ1) is 15.6. The lowest BCUT2D eigenvalue weighted by molar-refractivity contribution is 0.0879. The van der Waals surface area contributed by atoms with E-state index in [-0.39, 0.29) is 17.6 Å². The summed E-state index contributed by atoms with van der Waals surface area (Å²) in [6.07, 6.45) is 1.01. The first-order valence-corrected chi connectivity index (χ1v) is 11.4. The zero-order valence-electron chi connectivity index (χ0n) is 17.3. The number of anilines is 1. The highest BCUT2D eigenvalue weighted by atomic mass is 32.1. The van der Waals surface area contributed by atoms with Crippen molar-refractivity contribution in [3.8, 4) is 0 Å². The Labute approximate surface area is 189 Å². The van der Waals surface area contributed by atoms with Gasteiger partial charge in [0.15, 0.2) is 0 Å². The molecular weight excluding hydrogens is 424 g/mol. The van der Waals surface area contributed by atoms with Gasteiger partial charge in [0, 0.05) is 30.2 Å². The molecule has 3 N–H and O–H groups in total. The lowest BCUT2D eigenvalue weighted by Gasteiger charge is -2.35. The summed E-state index contributed by atoms with van der Waals surface area (Å²) < 4.78 is 0. The number of carbonyl (C=O) groups excluding carboxylic acids is 3. The van der Waals surface area contributed by atoms with Crippen LogP contribution in [-0.2, 0) is 13.0 Å². The fourth-order valence-corrected chi connectivity index (χ4v) is 5.17. The second-order valence-corrected chi connectivity index (χ2v) is 8.90. The zero-order chi connectivity index (χ0) is 22.1. The maximum absolute atomic E-state index is 12.6. The normalized spacial score (nSPS) is 16.1. The van der Waals surface area contributed by atoms with Crippen LogP contribution < -0.4 is 16.0 Å². The molecule has 0 radical (unpaired) electrons. The van der Waals surface area contributed by atoms with Crippen molar-refractivity contribution in [3.63, 3.8) is 0 Å². The number of urea groups is 1. The van der Waals surface area contributed by atoms with Gasteiger partial charge in [0.1, 0.15) is 0 Å². The summed E-state index contributed by atoms with van der Waals surface area (Å²) in [4.78, 5) is 40.0. The number of hydrogen-bond donors (Lipinski definition) is 3. The van der Waals surface area contributed by atoms with Crippen LogP contribution in [0.3, 0.4) is 0 Å². The van der Waals surface area contributed by atoms with E-state index in [1.54, 1.807) is 12.1 Å². The van der Waals surface area contributed by atoms with Crippen LogP contribution in [0.2, 0.25) is 0 Å². The van der Waals surface area contributed by atoms with Crippen LogP contribution in [0.5, 0.6) is 0 Å². The van der Waals surface area contributed by atoms with E-state index in [1.807, 2.05) is 29.5 Å². The molecule has 1 unspecified atom stereocenters. The number of hydrogen-bond acceptors (Lipinski definition) is 5. The minimum absolute atomic E-state index is 0.0402. The molecule has 0 fully saturated rings. The second-order valence-electron chi connectivity index (χ2n) is 7.89. The Morgan fingerprint density at radius 2 is 1.88 bits per heavy atom. The van der Waals surface area contributed by atoms with Gasteiger partial charge in [-0.3, -0.25) is 19.8 Å². The molecule has 1 aromatic heterocycles. The van der Waals surface area contributed by atoms with E-state index in [0.29, 0.717) is 17.8 Å². The molecule has 2 aromatic carbocycles. The Bertz CT molecular complexity index is 1190. The Hall–Kier alpha value is -3.49. The fourth-order valence-electron chi connectivity index (χ4n) is 4.28. The molecule has 32 heavy (non-hydrogen) atoms. The third-order valence-electron chi connectivity index (χ3n) is 5.91. The predicted molar refractivity (Wildman–Crippen MR) is 123 cm³/mol. The van der Waals surface area contributed by atoms with E-state index < -0.39 is 11.8 Å². The Balaban J connectivity index is 1.28. The van der Waals surface area contributed by atoms with Crippen LogP contribution in [0.4, 0.5) is 10.5 Å². The zero-order valence-corrected chi connectivity index (χ0v) is 18.1. The van der Waals surface area contributed by atoms with Crippen molar-refractivity contribution in [2.24, 2.45) is 0 Å². The fraction of sp³-hybridized carbons (Fsp3) is 0.208. The number of amides is 4. The number of benzene rings is 2. The molecule has 4 amide bonds. The van der Waals surface area contributed by atoms with Gasteiger partial charge in [-0.15, -0.1) is 11.3 Å². The molecule has 7 nitrogen and oxygen atoms in total. The van der Waals surface area contributed by atoms with Gasteiger partial charge in [-0.05, 0) is 47.2 Å². The Morgan fingerprint density at radius 1 is 1.06 bits per heavy atom. The third kappa shape index (κ3) is 4.02. The molecule has 2 aliphatic rings. The van der Waals surface area contributed by atoms with Gasteiger partial charge in [0.05, 0.1) is 17.2 Å². The molecule has 8 heteroatoms. The molecule has 2 aliphatic heterocycles. The highest BCUT2D eigenvalue weighted by molar-refractivity contribution is 7.10. The number of fused-ring (bicyclic) bond motifs is 2. The molecule has 3 aromatic rings. The molecule has 0 saturated carbocycles. The van der Waals surface area contributed by atoms with Gasteiger partial charge < -0.3 is 10.6 Å². The smallest absolute Gasteiger partial charge is 0.319 e. The molecule has 0 bridgehead atoms. The van der Waals surface area contributed by atoms with Crippen LogP contribution in [0.15, 0.2) is 60.0 Å². The number of nitrogens with one attached hydrogen (secondary N) is 3. The highest BCUT2D eigenvalue weighted by Gasteiger charge is 2.28. The van der Waals surface area contributed by atoms with Gasteiger partial charge in [0.2, 0.25) is 0 Å². The van der Waals surface area contributed by atoms with E-state index in [9.17, 15) is 14.4 Å². The summed E-state index contributed by atoms with van der Waals surface area (Å²) in [5, 5.41) is 10.1. The maximum Gasteiger partial charge on any atom is 0.319 e. The van der Waals surface area contributed by atoms with Crippen molar-refractivity contribution in [1.29, 1.82) is 0 Å². The van der Waals surface area contributed by atoms with Crippen molar-refractivity contribution < 1.29 is 14.4 Å². The number of rotatable bonds is 5. The van der Waals surface area contributed by atoms with E-state index in [1.165, 1.54) is 16.5 Å². The van der Waals surface area contributed by atoms with Crippen molar-refractivity contribution >= 4 is 34.9 Å². The maximum atomic E-state index is 12.6. The minimum atomic E-state index is -0.448. The van der Waals surface area contributed by atoms with E-state index >= 15 is 0 Å². The standard InChI is InChI=1S/C24H22N4O3S/c29-22-18-7-6-17(12-19(18)23(30)27-22)26-24(31)25-13-20(15-4-2-1-3-5-15)28-10-8-21-16(14-28)9-11-32-21/h1-7,9,11-12,20H,8,10,13-14H2,(H2,25,26,31)(H,27,29,30). The van der Waals surface area contributed by atoms with Gasteiger partial charge in [0.25, 0.3) is 11.8 Å². The number of thiophene rings is 1. The molecule has 0 saturated heterocycles. The Morgan fingerprint density at radius 3 is 2.72 bits per heavy atom. The topological polar surface area (TPSA) is 90.5 Å². The van der Waals surface area contributed by atoms with Gasteiger partial charge in [-0.2, -0.15) is 0 Å². The summed E-state index contributed by atoms with van der Waals surface area (Å²) in [6.45, 7) is 2.24. The van der Waals surface area contributed by atoms with Gasteiger partial charge in [-0.25, -0.2) is 4.79 Å². The Kier molecular flexibility index (Phi) is 5.46. The molecular formula is C24H22N4O3S. The average molecular weight is 447 g/mol. The van der Waals surface area contributed by atoms with Gasteiger partial charge in [-0.1, -0.05) is 30.3 Å². The monoisotopic (exact) mass is 446 g/mol. The van der Waals surface area contributed by atoms with E-state index in [2.05, 4.69) is 44.4 Å². The minimum Gasteiger partial charge on any atom is -0.336 e. The lowest BCUT2D eigenvalue weighted by Crippen LogP contribution is -2.41. The number of imide groups is 1. The second kappa shape index (κ2) is 8.57. The lowest BCUT2D eigenvalue weighted by atomic mass is 10.0. The largest absolute Gasteiger partial charge is 0.336 e. The molecule has 5 rings (SSSR count). The first kappa shape index (κ1) is 20.4. The predicted octanol–water partition coefficient (Wildman–Crippen LogP) is 3.55. The summed E-state index contributed by atoms with van der Waals surface area (Å²) in [5.74, 6) is -0.863. The number of carbonyl (C=O) groups is 3. The summed E-state index contributed by atoms with van der Waals surface area (Å²) in [6, 6.07) is 16.7. The molecule has 1 atom stereocenters.